The Morgan fingerprint density at radius 2 is 1.57 bits per heavy atom. The Balaban J connectivity index is 0.000000221. The maximum absolute atomic E-state index is 8.59. The Bertz CT molecular complexity index is 2510. The average molecular weight is 872 g/mol. The van der Waals surface area contributed by atoms with Crippen molar-refractivity contribution in [3.8, 4) is 33.6 Å². The molecule has 0 bridgehead atoms. The third-order valence-corrected chi connectivity index (χ3v) is 10.3. The van der Waals surface area contributed by atoms with E-state index >= 15 is 0 Å². The van der Waals surface area contributed by atoms with Gasteiger partial charge in [0.1, 0.15) is 5.58 Å². The summed E-state index contributed by atoms with van der Waals surface area (Å²) in [5, 5.41) is 3.06. The Labute approximate surface area is 328 Å². The van der Waals surface area contributed by atoms with Gasteiger partial charge in [-0.1, -0.05) is 131 Å². The fraction of sp³-hybridized carbons (Fsp3) is 0.261. The maximum Gasteiger partial charge on any atom is 0.121 e. The minimum atomic E-state index is -2.16. The summed E-state index contributed by atoms with van der Waals surface area (Å²) in [7, 11) is -1.78. The van der Waals surface area contributed by atoms with Crippen molar-refractivity contribution < 1.29 is 34.1 Å². The topological polar surface area (TPSA) is 38.9 Å². The Morgan fingerprint density at radius 1 is 0.784 bits per heavy atom. The van der Waals surface area contributed by atoms with Crippen molar-refractivity contribution in [1.29, 1.82) is 0 Å². The summed E-state index contributed by atoms with van der Waals surface area (Å²) in [6, 6.07) is 36.7. The second-order valence-corrected chi connectivity index (χ2v) is 19.2. The van der Waals surface area contributed by atoms with Crippen molar-refractivity contribution in [1.82, 2.24) is 9.97 Å². The molecule has 0 amide bonds. The molecular formula is C46H48IrN2OSi-2. The number of fused-ring (bicyclic) bond motifs is 3. The molecule has 0 fully saturated rings. The van der Waals surface area contributed by atoms with Gasteiger partial charge in [0.15, 0.2) is 0 Å². The van der Waals surface area contributed by atoms with Crippen LogP contribution in [-0.4, -0.2) is 18.0 Å². The van der Waals surface area contributed by atoms with Crippen molar-refractivity contribution >= 4 is 35.2 Å². The molecule has 0 N–H and O–H groups in total. The fourth-order valence-electron chi connectivity index (χ4n) is 5.95. The van der Waals surface area contributed by atoms with Crippen molar-refractivity contribution in [2.24, 2.45) is 11.8 Å². The molecule has 5 heteroatoms. The molecule has 0 aliphatic rings. The van der Waals surface area contributed by atoms with E-state index in [1.807, 2.05) is 70.2 Å². The van der Waals surface area contributed by atoms with Crippen molar-refractivity contribution in [3.05, 3.63) is 138 Å². The third-order valence-electron chi connectivity index (χ3n) is 8.26. The molecule has 0 atom stereocenters. The number of rotatable bonds is 8. The van der Waals surface area contributed by atoms with Crippen LogP contribution in [0.3, 0.4) is 0 Å². The van der Waals surface area contributed by atoms with E-state index in [9.17, 15) is 0 Å². The molecule has 0 aliphatic carbocycles. The Hall–Kier alpha value is -4.15. The molecule has 0 saturated heterocycles. The normalized spacial score (nSPS) is 14.3. The van der Waals surface area contributed by atoms with Gasteiger partial charge in [-0.2, -0.15) is 0 Å². The number of aromatic nitrogens is 2. The van der Waals surface area contributed by atoms with E-state index in [0.29, 0.717) is 28.1 Å². The minimum Gasteiger partial charge on any atom is -0.501 e. The summed E-state index contributed by atoms with van der Waals surface area (Å²) in [5.41, 5.74) is 7.99. The Morgan fingerprint density at radius 3 is 2.25 bits per heavy atom. The number of furan rings is 1. The van der Waals surface area contributed by atoms with E-state index in [1.165, 1.54) is 6.07 Å². The van der Waals surface area contributed by atoms with Gasteiger partial charge in [-0.05, 0) is 64.4 Å². The molecule has 51 heavy (non-hydrogen) atoms. The smallest absolute Gasteiger partial charge is 0.121 e. The quantitative estimate of drug-likeness (QED) is 0.113. The molecule has 0 spiro atoms. The predicted octanol–water partition coefficient (Wildman–Crippen LogP) is 11.9. The average Bonchev–Trinajstić information content (AvgIpc) is 3.56. The minimum absolute atomic E-state index is 0. The first-order valence-corrected chi connectivity index (χ1v) is 20.6. The predicted molar refractivity (Wildman–Crippen MR) is 215 cm³/mol. The van der Waals surface area contributed by atoms with Gasteiger partial charge in [-0.3, -0.25) is 0 Å². The van der Waals surface area contributed by atoms with E-state index in [-0.39, 0.29) is 37.5 Å². The van der Waals surface area contributed by atoms with Gasteiger partial charge < -0.3 is 14.4 Å². The number of benzene rings is 4. The van der Waals surface area contributed by atoms with E-state index in [4.69, 9.17) is 14.0 Å². The summed E-state index contributed by atoms with van der Waals surface area (Å²) in [5.74, 6) is -0.320. The summed E-state index contributed by atoms with van der Waals surface area (Å²) < 4.78 is 62.8. The van der Waals surface area contributed by atoms with Crippen LogP contribution in [0.1, 0.15) is 54.0 Å². The van der Waals surface area contributed by atoms with Gasteiger partial charge in [-0.25, -0.2) is 0 Å². The van der Waals surface area contributed by atoms with Crippen LogP contribution in [0.25, 0.3) is 55.6 Å². The molecule has 263 valence electrons. The van der Waals surface area contributed by atoms with Gasteiger partial charge >= 0.3 is 0 Å². The van der Waals surface area contributed by atoms with Crippen molar-refractivity contribution in [3.63, 3.8) is 0 Å². The molecule has 0 unspecified atom stereocenters. The van der Waals surface area contributed by atoms with Gasteiger partial charge in [0.2, 0.25) is 0 Å². The van der Waals surface area contributed by atoms with Crippen LogP contribution in [-0.2, 0) is 32.9 Å². The zero-order valence-electron chi connectivity index (χ0n) is 37.2. The van der Waals surface area contributed by atoms with E-state index < -0.39 is 27.7 Å². The van der Waals surface area contributed by atoms with Crippen LogP contribution in [0.15, 0.2) is 114 Å². The van der Waals surface area contributed by atoms with Crippen molar-refractivity contribution in [2.45, 2.75) is 66.9 Å². The molecule has 7 rings (SSSR count). The standard InChI is InChI=1S/C27H22NO.C19H26NSi.Ir/c1-18(2)15-19-13-14-28-25(16-19)24-10-6-9-23-22-12-11-21(17-26(22)29-27(23)24)20-7-4-3-5-8-20;1-14(2)11-17-12-18(16-9-7-15(3)8-10-16)20-13-19(17)21(4,5)6;/h3-9,11-14,16-18H,15H2,1-2H3;7-9,12-14H,11H2,1-6H3;/q2*-1;/i15D2;3D3,11D2;. The number of hydrogen-bond acceptors (Lipinski definition) is 3. The molecule has 7 aromatic rings. The van der Waals surface area contributed by atoms with E-state index in [1.54, 1.807) is 30.6 Å². The monoisotopic (exact) mass is 872 g/mol. The molecular weight excluding hydrogens is 817 g/mol. The first kappa shape index (κ1) is 29.4. The van der Waals surface area contributed by atoms with Crippen LogP contribution in [0.4, 0.5) is 0 Å². The SMILES string of the molecule is [2H]C([2H])([2H])c1c[c-]c(-c2cc(C([2H])([2H])C(C)C)c([Si](C)(C)C)cn2)cc1.[2H]C([2H])(c1ccnc(-c2[c-]ccc3c2oc2cc(-c4ccccc4)ccc23)c1)C(C)C.[Ir]. The van der Waals surface area contributed by atoms with Crippen LogP contribution in [0.5, 0.6) is 0 Å². The van der Waals surface area contributed by atoms with Gasteiger partial charge in [0, 0.05) is 47.5 Å². The number of aryl methyl sites for hydroxylation is 1. The molecule has 1 radical (unpaired) electrons. The van der Waals surface area contributed by atoms with Crippen LogP contribution < -0.4 is 5.19 Å². The molecule has 3 nitrogen and oxygen atoms in total. The molecule has 3 heterocycles. The second kappa shape index (κ2) is 16.5. The van der Waals surface area contributed by atoms with Crippen molar-refractivity contribution in [2.75, 3.05) is 0 Å². The summed E-state index contributed by atoms with van der Waals surface area (Å²) in [6.07, 6.45) is 0.548. The summed E-state index contributed by atoms with van der Waals surface area (Å²) in [4.78, 5) is 9.05. The van der Waals surface area contributed by atoms with Crippen LogP contribution >= 0.6 is 0 Å². The van der Waals surface area contributed by atoms with E-state index in [0.717, 1.165) is 43.8 Å². The number of hydrogen-bond donors (Lipinski definition) is 0. The second-order valence-electron chi connectivity index (χ2n) is 14.2. The molecule has 0 saturated carbocycles. The Kier molecular flexibility index (Phi) is 9.50. The van der Waals surface area contributed by atoms with E-state index in [2.05, 4.69) is 72.1 Å². The molecule has 3 aromatic heterocycles. The van der Waals surface area contributed by atoms with Gasteiger partial charge in [0.05, 0.1) is 13.7 Å². The number of pyridine rings is 2. The molecule has 0 aliphatic heterocycles. The van der Waals surface area contributed by atoms with Gasteiger partial charge in [-0.15, -0.1) is 53.6 Å². The van der Waals surface area contributed by atoms with Crippen LogP contribution in [0, 0.1) is 30.8 Å². The zero-order valence-corrected chi connectivity index (χ0v) is 33.6. The summed E-state index contributed by atoms with van der Waals surface area (Å²) >= 11 is 0. The first-order chi connectivity index (χ1) is 26.7. The number of nitrogens with zero attached hydrogens (tertiary/aromatic N) is 2. The summed E-state index contributed by atoms with van der Waals surface area (Å²) in [6.45, 7) is 11.9. The maximum atomic E-state index is 8.59. The zero-order chi connectivity index (χ0) is 41.5. The van der Waals surface area contributed by atoms with Gasteiger partial charge in [0.25, 0.3) is 0 Å². The largest absolute Gasteiger partial charge is 0.501 e. The first-order valence-electron chi connectivity index (χ1n) is 20.6. The van der Waals surface area contributed by atoms with Crippen LogP contribution in [0.2, 0.25) is 19.6 Å². The fourth-order valence-corrected chi connectivity index (χ4v) is 7.35. The third kappa shape index (κ3) is 9.21. The molecule has 4 aromatic carbocycles.